The van der Waals surface area contributed by atoms with Crippen molar-refractivity contribution < 1.29 is 13.2 Å². The zero-order valence-corrected chi connectivity index (χ0v) is 17.2. The minimum absolute atomic E-state index is 0.0356. The molecule has 0 radical (unpaired) electrons. The van der Waals surface area contributed by atoms with Gasteiger partial charge >= 0.3 is 0 Å². The molecule has 1 aliphatic heterocycles. The summed E-state index contributed by atoms with van der Waals surface area (Å²) in [7, 11) is -3.72. The molecule has 1 aliphatic rings. The quantitative estimate of drug-likeness (QED) is 0.772. The van der Waals surface area contributed by atoms with Crippen LogP contribution in [0.1, 0.15) is 23.4 Å². The zero-order chi connectivity index (χ0) is 20.1. The number of amides is 1. The third-order valence-corrected chi connectivity index (χ3v) is 7.68. The number of hydrogen-bond donors (Lipinski definition) is 1. The number of carbonyl (C=O) groups excluding carboxylic acids is 1. The summed E-state index contributed by atoms with van der Waals surface area (Å²) in [5.41, 5.74) is 0.145. The number of nitrogens with zero attached hydrogens (tertiary/aromatic N) is 3. The molecule has 9 heteroatoms. The zero-order valence-electron chi connectivity index (χ0n) is 15.5. The fraction of sp³-hybridized carbons (Fsp3) is 0.368. The first kappa shape index (κ1) is 20.5. The number of sulfonamides is 1. The van der Waals surface area contributed by atoms with Crippen LogP contribution in [0.3, 0.4) is 0 Å². The van der Waals surface area contributed by atoms with Crippen molar-refractivity contribution in [3.05, 3.63) is 52.2 Å². The van der Waals surface area contributed by atoms with Crippen LogP contribution >= 0.6 is 11.3 Å². The largest absolute Gasteiger partial charge is 0.348 e. The van der Waals surface area contributed by atoms with Crippen LogP contribution in [-0.4, -0.2) is 56.3 Å². The SMILES string of the molecule is C[C@H](NC(=O)CN1CCN(S(=O)(=O)c2ccccc2C#N)CC1)c1cccs1. The molecule has 0 aliphatic carbocycles. The molecule has 1 aromatic heterocycles. The van der Waals surface area contributed by atoms with E-state index in [0.717, 1.165) is 4.88 Å². The Morgan fingerprint density at radius 1 is 1.21 bits per heavy atom. The first-order valence-electron chi connectivity index (χ1n) is 8.96. The minimum Gasteiger partial charge on any atom is -0.348 e. The Balaban J connectivity index is 1.55. The summed E-state index contributed by atoms with van der Waals surface area (Å²) in [6.45, 7) is 3.69. The molecule has 1 atom stereocenters. The number of hydrogen-bond acceptors (Lipinski definition) is 6. The Hall–Kier alpha value is -2.25. The lowest BCUT2D eigenvalue weighted by Gasteiger charge is -2.33. The summed E-state index contributed by atoms with van der Waals surface area (Å²) in [6, 6.07) is 12.0. The van der Waals surface area contributed by atoms with Crippen molar-refractivity contribution in [2.75, 3.05) is 32.7 Å². The lowest BCUT2D eigenvalue weighted by atomic mass is 10.2. The summed E-state index contributed by atoms with van der Waals surface area (Å²) in [6.07, 6.45) is 0. The first-order valence-corrected chi connectivity index (χ1v) is 11.3. The molecule has 3 rings (SSSR count). The maximum atomic E-state index is 12.9. The van der Waals surface area contributed by atoms with E-state index in [2.05, 4.69) is 5.32 Å². The lowest BCUT2D eigenvalue weighted by molar-refractivity contribution is -0.123. The van der Waals surface area contributed by atoms with Crippen LogP contribution in [0, 0.1) is 11.3 Å². The summed E-state index contributed by atoms with van der Waals surface area (Å²) in [5, 5.41) is 14.1. The van der Waals surface area contributed by atoms with Crippen molar-refractivity contribution >= 4 is 27.3 Å². The van der Waals surface area contributed by atoms with E-state index < -0.39 is 10.0 Å². The van der Waals surface area contributed by atoms with E-state index in [1.54, 1.807) is 23.5 Å². The van der Waals surface area contributed by atoms with Gasteiger partial charge in [-0.25, -0.2) is 8.42 Å². The van der Waals surface area contributed by atoms with Gasteiger partial charge in [-0.15, -0.1) is 11.3 Å². The van der Waals surface area contributed by atoms with Crippen LogP contribution in [0.4, 0.5) is 0 Å². The highest BCUT2D eigenvalue weighted by molar-refractivity contribution is 7.89. The maximum absolute atomic E-state index is 12.9. The topological polar surface area (TPSA) is 93.5 Å². The average Bonchev–Trinajstić information content (AvgIpc) is 3.23. The van der Waals surface area contributed by atoms with E-state index >= 15 is 0 Å². The summed E-state index contributed by atoms with van der Waals surface area (Å²) in [5.74, 6) is -0.0768. The highest BCUT2D eigenvalue weighted by Gasteiger charge is 2.30. The average molecular weight is 419 g/mol. The summed E-state index contributed by atoms with van der Waals surface area (Å²) >= 11 is 1.60. The van der Waals surface area contributed by atoms with Crippen molar-refractivity contribution in [3.63, 3.8) is 0 Å². The first-order chi connectivity index (χ1) is 13.4. The predicted octanol–water partition coefficient (Wildman–Crippen LogP) is 1.80. The van der Waals surface area contributed by atoms with Gasteiger partial charge in [-0.1, -0.05) is 18.2 Å². The number of benzene rings is 1. The number of rotatable bonds is 6. The number of nitrogens with one attached hydrogen (secondary N) is 1. The van der Waals surface area contributed by atoms with Gasteiger partial charge in [-0.3, -0.25) is 9.69 Å². The highest BCUT2D eigenvalue weighted by Crippen LogP contribution is 2.21. The standard InChI is InChI=1S/C19H22N4O3S2/c1-15(17-6-4-12-27-17)21-19(24)14-22-8-10-23(11-9-22)28(25,26)18-7-3-2-5-16(18)13-20/h2-7,12,15H,8-11,14H2,1H3,(H,21,24)/t15-/m0/s1. The fourth-order valence-corrected chi connectivity index (χ4v) is 5.45. The Morgan fingerprint density at radius 3 is 2.57 bits per heavy atom. The van der Waals surface area contributed by atoms with E-state index in [4.69, 9.17) is 0 Å². The fourth-order valence-electron chi connectivity index (χ4n) is 3.15. The third kappa shape index (κ3) is 4.59. The van der Waals surface area contributed by atoms with E-state index in [0.29, 0.717) is 13.1 Å². The molecule has 148 valence electrons. The molecule has 1 N–H and O–H groups in total. The molecule has 2 aromatic rings. The van der Waals surface area contributed by atoms with Gasteiger partial charge in [-0.05, 0) is 30.5 Å². The van der Waals surface area contributed by atoms with Gasteiger partial charge in [0, 0.05) is 31.1 Å². The van der Waals surface area contributed by atoms with E-state index in [1.807, 2.05) is 35.4 Å². The van der Waals surface area contributed by atoms with Gasteiger partial charge in [0.05, 0.1) is 23.0 Å². The van der Waals surface area contributed by atoms with Crippen molar-refractivity contribution in [1.29, 1.82) is 5.26 Å². The smallest absolute Gasteiger partial charge is 0.244 e. The molecule has 1 saturated heterocycles. The van der Waals surface area contributed by atoms with E-state index in [9.17, 15) is 18.5 Å². The molecule has 7 nitrogen and oxygen atoms in total. The second-order valence-electron chi connectivity index (χ2n) is 6.59. The Kier molecular flexibility index (Phi) is 6.46. The normalized spacial score (nSPS) is 17.0. The van der Waals surface area contributed by atoms with Crippen molar-refractivity contribution in [1.82, 2.24) is 14.5 Å². The molecule has 1 aromatic carbocycles. The molecule has 1 amide bonds. The van der Waals surface area contributed by atoms with Crippen molar-refractivity contribution in [2.24, 2.45) is 0 Å². The number of piperazine rings is 1. The molecule has 0 unspecified atom stereocenters. The van der Waals surface area contributed by atoms with E-state index in [1.165, 1.54) is 16.4 Å². The van der Waals surface area contributed by atoms with Crippen LogP contribution in [0.5, 0.6) is 0 Å². The molecule has 0 bridgehead atoms. The van der Waals surface area contributed by atoms with Crippen LogP contribution in [0.15, 0.2) is 46.7 Å². The summed E-state index contributed by atoms with van der Waals surface area (Å²) < 4.78 is 27.1. The molecule has 28 heavy (non-hydrogen) atoms. The monoisotopic (exact) mass is 418 g/mol. The van der Waals surface area contributed by atoms with Gasteiger partial charge in [-0.2, -0.15) is 9.57 Å². The number of nitriles is 1. The van der Waals surface area contributed by atoms with Crippen LogP contribution in [-0.2, 0) is 14.8 Å². The predicted molar refractivity (Wildman–Crippen MR) is 107 cm³/mol. The van der Waals surface area contributed by atoms with Crippen LogP contribution in [0.25, 0.3) is 0 Å². The molecular formula is C19H22N4O3S2. The van der Waals surface area contributed by atoms with E-state index in [-0.39, 0.29) is 42.0 Å². The summed E-state index contributed by atoms with van der Waals surface area (Å²) in [4.78, 5) is 15.4. The molecule has 1 fully saturated rings. The molecule has 0 saturated carbocycles. The molecule has 0 spiro atoms. The second kappa shape index (κ2) is 8.84. The van der Waals surface area contributed by atoms with Gasteiger partial charge in [0.1, 0.15) is 6.07 Å². The number of thiophene rings is 1. The molecule has 2 heterocycles. The van der Waals surface area contributed by atoms with Gasteiger partial charge in [0.15, 0.2) is 0 Å². The second-order valence-corrected chi connectivity index (χ2v) is 9.48. The maximum Gasteiger partial charge on any atom is 0.244 e. The lowest BCUT2D eigenvalue weighted by Crippen LogP contribution is -2.51. The van der Waals surface area contributed by atoms with Gasteiger partial charge in [0.25, 0.3) is 0 Å². The molecular weight excluding hydrogens is 396 g/mol. The van der Waals surface area contributed by atoms with Gasteiger partial charge in [0.2, 0.25) is 15.9 Å². The van der Waals surface area contributed by atoms with Crippen molar-refractivity contribution in [3.8, 4) is 6.07 Å². The Morgan fingerprint density at radius 2 is 1.93 bits per heavy atom. The van der Waals surface area contributed by atoms with Crippen LogP contribution in [0.2, 0.25) is 0 Å². The minimum atomic E-state index is -3.72. The Bertz CT molecular complexity index is 959. The van der Waals surface area contributed by atoms with Crippen molar-refractivity contribution in [2.45, 2.75) is 17.9 Å². The van der Waals surface area contributed by atoms with Gasteiger partial charge < -0.3 is 5.32 Å². The van der Waals surface area contributed by atoms with Crippen LogP contribution < -0.4 is 5.32 Å². The Labute approximate surface area is 169 Å². The third-order valence-electron chi connectivity index (χ3n) is 4.67. The highest BCUT2D eigenvalue weighted by atomic mass is 32.2. The number of carbonyl (C=O) groups is 1.